The number of nitrogens with one attached hydrogen (secondary N) is 1. The zero-order valence-electron chi connectivity index (χ0n) is 10.8. The lowest BCUT2D eigenvalue weighted by Gasteiger charge is -2.17. The number of rotatable bonds is 5. The summed E-state index contributed by atoms with van der Waals surface area (Å²) in [4.78, 5) is 12.0. The number of carbonyl (C=O) groups excluding carboxylic acids is 1. The van der Waals surface area contributed by atoms with Gasteiger partial charge < -0.3 is 11.1 Å². The van der Waals surface area contributed by atoms with Crippen LogP contribution in [0.1, 0.15) is 17.2 Å². The second kappa shape index (κ2) is 6.71. The van der Waals surface area contributed by atoms with Crippen LogP contribution in [0.25, 0.3) is 0 Å². The molecule has 3 nitrogen and oxygen atoms in total. The van der Waals surface area contributed by atoms with E-state index in [1.165, 1.54) is 0 Å². The molecule has 0 spiro atoms. The van der Waals surface area contributed by atoms with Crippen LogP contribution in [-0.2, 0) is 11.2 Å². The summed E-state index contributed by atoms with van der Waals surface area (Å²) < 4.78 is 0. The van der Waals surface area contributed by atoms with Crippen LogP contribution in [0.3, 0.4) is 0 Å². The van der Waals surface area contributed by atoms with Gasteiger partial charge in [0.1, 0.15) is 0 Å². The lowest BCUT2D eigenvalue weighted by Crippen LogP contribution is -2.34. The van der Waals surface area contributed by atoms with E-state index in [2.05, 4.69) is 5.32 Å². The van der Waals surface area contributed by atoms with Gasteiger partial charge in [0, 0.05) is 6.54 Å². The third-order valence-electron chi connectivity index (χ3n) is 2.98. The SMILES string of the molecule is NCC(NC(=O)Cc1ccccc1)c1ccccc1. The number of benzene rings is 2. The highest BCUT2D eigenvalue weighted by molar-refractivity contribution is 5.79. The monoisotopic (exact) mass is 254 g/mol. The Hall–Kier alpha value is -2.13. The number of nitrogens with two attached hydrogens (primary N) is 1. The van der Waals surface area contributed by atoms with Gasteiger partial charge >= 0.3 is 0 Å². The van der Waals surface area contributed by atoms with E-state index in [0.29, 0.717) is 13.0 Å². The zero-order chi connectivity index (χ0) is 13.5. The maximum absolute atomic E-state index is 12.0. The molecule has 3 N–H and O–H groups in total. The average molecular weight is 254 g/mol. The topological polar surface area (TPSA) is 55.1 Å². The van der Waals surface area contributed by atoms with Crippen molar-refractivity contribution in [1.29, 1.82) is 0 Å². The van der Waals surface area contributed by atoms with Crippen molar-refractivity contribution in [1.82, 2.24) is 5.32 Å². The molecule has 0 heterocycles. The van der Waals surface area contributed by atoms with E-state index in [-0.39, 0.29) is 11.9 Å². The van der Waals surface area contributed by atoms with E-state index in [0.717, 1.165) is 11.1 Å². The quantitative estimate of drug-likeness (QED) is 0.858. The van der Waals surface area contributed by atoms with Gasteiger partial charge in [0.05, 0.1) is 12.5 Å². The summed E-state index contributed by atoms with van der Waals surface area (Å²) in [6.07, 6.45) is 0.379. The summed E-state index contributed by atoms with van der Waals surface area (Å²) in [5.74, 6) is -0.00879. The largest absolute Gasteiger partial charge is 0.348 e. The van der Waals surface area contributed by atoms with Gasteiger partial charge in [-0.3, -0.25) is 4.79 Å². The minimum Gasteiger partial charge on any atom is -0.348 e. The van der Waals surface area contributed by atoms with Crippen molar-refractivity contribution in [3.05, 3.63) is 71.8 Å². The van der Waals surface area contributed by atoms with E-state index in [1.807, 2.05) is 60.7 Å². The normalized spacial score (nSPS) is 11.8. The van der Waals surface area contributed by atoms with Gasteiger partial charge in [-0.25, -0.2) is 0 Å². The van der Waals surface area contributed by atoms with E-state index >= 15 is 0 Å². The standard InChI is InChI=1S/C16H18N2O/c17-12-15(14-9-5-2-6-10-14)18-16(19)11-13-7-3-1-4-8-13/h1-10,15H,11-12,17H2,(H,18,19). The molecular weight excluding hydrogens is 236 g/mol. The van der Waals surface area contributed by atoms with Crippen LogP contribution >= 0.6 is 0 Å². The molecule has 0 radical (unpaired) electrons. The second-order valence-corrected chi connectivity index (χ2v) is 4.43. The summed E-state index contributed by atoms with van der Waals surface area (Å²) in [5, 5.41) is 2.97. The Kier molecular flexibility index (Phi) is 4.70. The van der Waals surface area contributed by atoms with Gasteiger partial charge in [-0.05, 0) is 11.1 Å². The van der Waals surface area contributed by atoms with Crippen LogP contribution in [0.5, 0.6) is 0 Å². The highest BCUT2D eigenvalue weighted by atomic mass is 16.1. The van der Waals surface area contributed by atoms with Gasteiger partial charge in [0.2, 0.25) is 5.91 Å². The van der Waals surface area contributed by atoms with Crippen LogP contribution in [0.15, 0.2) is 60.7 Å². The molecule has 19 heavy (non-hydrogen) atoms. The summed E-state index contributed by atoms with van der Waals surface area (Å²) in [6.45, 7) is 0.393. The van der Waals surface area contributed by atoms with Crippen molar-refractivity contribution in [2.75, 3.05) is 6.54 Å². The number of hydrogen-bond donors (Lipinski definition) is 2. The molecule has 0 saturated heterocycles. The van der Waals surface area contributed by atoms with Gasteiger partial charge in [-0.15, -0.1) is 0 Å². The Morgan fingerprint density at radius 2 is 1.58 bits per heavy atom. The molecule has 0 fully saturated rings. The molecule has 0 bridgehead atoms. The van der Waals surface area contributed by atoms with Crippen molar-refractivity contribution in [3.8, 4) is 0 Å². The molecule has 1 unspecified atom stereocenters. The predicted octanol–water partition coefficient (Wildman–Crippen LogP) is 2.05. The van der Waals surface area contributed by atoms with E-state index in [1.54, 1.807) is 0 Å². The van der Waals surface area contributed by atoms with Crippen LogP contribution < -0.4 is 11.1 Å². The fourth-order valence-electron chi connectivity index (χ4n) is 1.99. The van der Waals surface area contributed by atoms with Crippen molar-refractivity contribution in [3.63, 3.8) is 0 Å². The molecule has 98 valence electrons. The van der Waals surface area contributed by atoms with Crippen molar-refractivity contribution < 1.29 is 4.79 Å². The molecule has 2 rings (SSSR count). The van der Waals surface area contributed by atoms with Gasteiger partial charge in [-0.1, -0.05) is 60.7 Å². The summed E-state index contributed by atoms with van der Waals surface area (Å²) in [6, 6.07) is 19.3. The minimum atomic E-state index is -0.127. The van der Waals surface area contributed by atoms with Crippen LogP contribution in [0.2, 0.25) is 0 Å². The first kappa shape index (κ1) is 13.3. The molecule has 0 aromatic heterocycles. The van der Waals surface area contributed by atoms with Gasteiger partial charge in [-0.2, -0.15) is 0 Å². The minimum absolute atomic E-state index is 0.00879. The van der Waals surface area contributed by atoms with Crippen LogP contribution in [0.4, 0.5) is 0 Å². The Labute approximate surface area is 113 Å². The Balaban J connectivity index is 1.97. The summed E-state index contributed by atoms with van der Waals surface area (Å²) in [5.41, 5.74) is 7.77. The van der Waals surface area contributed by atoms with Gasteiger partial charge in [0.25, 0.3) is 0 Å². The van der Waals surface area contributed by atoms with Crippen molar-refractivity contribution >= 4 is 5.91 Å². The lowest BCUT2D eigenvalue weighted by atomic mass is 10.1. The first-order valence-electron chi connectivity index (χ1n) is 6.38. The fourth-order valence-corrected chi connectivity index (χ4v) is 1.99. The molecule has 0 aliphatic carbocycles. The molecule has 2 aromatic rings. The zero-order valence-corrected chi connectivity index (χ0v) is 10.8. The molecule has 0 saturated carbocycles. The van der Waals surface area contributed by atoms with E-state index in [4.69, 9.17) is 5.73 Å². The molecule has 0 aliphatic heterocycles. The van der Waals surface area contributed by atoms with Crippen LogP contribution in [0, 0.1) is 0 Å². The van der Waals surface area contributed by atoms with E-state index in [9.17, 15) is 4.79 Å². The van der Waals surface area contributed by atoms with Gasteiger partial charge in [0.15, 0.2) is 0 Å². The van der Waals surface area contributed by atoms with Crippen molar-refractivity contribution in [2.45, 2.75) is 12.5 Å². The third kappa shape index (κ3) is 3.93. The first-order valence-corrected chi connectivity index (χ1v) is 6.38. The average Bonchev–Trinajstić information content (AvgIpc) is 2.47. The number of amides is 1. The fraction of sp³-hybridized carbons (Fsp3) is 0.188. The number of hydrogen-bond acceptors (Lipinski definition) is 2. The lowest BCUT2D eigenvalue weighted by molar-refractivity contribution is -0.121. The third-order valence-corrected chi connectivity index (χ3v) is 2.98. The molecule has 1 atom stereocenters. The maximum atomic E-state index is 12.0. The first-order chi connectivity index (χ1) is 9.29. The molecule has 2 aromatic carbocycles. The molecular formula is C16H18N2O. The van der Waals surface area contributed by atoms with Crippen LogP contribution in [-0.4, -0.2) is 12.5 Å². The Morgan fingerprint density at radius 1 is 1.00 bits per heavy atom. The second-order valence-electron chi connectivity index (χ2n) is 4.43. The smallest absolute Gasteiger partial charge is 0.224 e. The maximum Gasteiger partial charge on any atom is 0.224 e. The Bertz CT molecular complexity index is 511. The van der Waals surface area contributed by atoms with Crippen molar-refractivity contribution in [2.24, 2.45) is 5.73 Å². The molecule has 3 heteroatoms. The Morgan fingerprint density at radius 3 is 2.16 bits per heavy atom. The number of carbonyl (C=O) groups is 1. The van der Waals surface area contributed by atoms with E-state index < -0.39 is 0 Å². The highest BCUT2D eigenvalue weighted by Gasteiger charge is 2.12. The predicted molar refractivity (Wildman–Crippen MR) is 76.5 cm³/mol. The molecule has 0 aliphatic rings. The highest BCUT2D eigenvalue weighted by Crippen LogP contribution is 2.11. The molecule has 1 amide bonds. The summed E-state index contributed by atoms with van der Waals surface area (Å²) in [7, 11) is 0. The summed E-state index contributed by atoms with van der Waals surface area (Å²) >= 11 is 0.